The van der Waals surface area contributed by atoms with Crippen molar-refractivity contribution in [2.75, 3.05) is 14.1 Å². The number of carbonyl (C=O) groups is 1. The Kier molecular flexibility index (Phi) is 3.93. The maximum Gasteiger partial charge on any atom is 0.254 e. The minimum Gasteiger partial charge on any atom is -0.345 e. The Hall–Kier alpha value is -3.54. The molecule has 0 fully saturated rings. The standard InChI is InChI=1S/C20H17N5O/c1-24(2)20(26)16-11-18(23-17-8-4-3-7-15(16)17)14-12-22-25(13-14)19-9-5-6-10-21-19/h3-13H,1-2H3. The Bertz CT molecular complexity index is 1090. The van der Waals surface area contributed by atoms with Gasteiger partial charge in [0.2, 0.25) is 0 Å². The van der Waals surface area contributed by atoms with E-state index in [-0.39, 0.29) is 5.91 Å². The highest BCUT2D eigenvalue weighted by molar-refractivity contribution is 6.07. The number of benzene rings is 1. The first-order valence-electron chi connectivity index (χ1n) is 8.21. The maximum absolute atomic E-state index is 12.6. The van der Waals surface area contributed by atoms with Crippen LogP contribution in [0.25, 0.3) is 28.0 Å². The summed E-state index contributed by atoms with van der Waals surface area (Å²) in [7, 11) is 3.49. The van der Waals surface area contributed by atoms with Crippen LogP contribution in [-0.4, -0.2) is 44.7 Å². The van der Waals surface area contributed by atoms with E-state index in [1.807, 2.05) is 54.7 Å². The lowest BCUT2D eigenvalue weighted by Gasteiger charge is -2.13. The van der Waals surface area contributed by atoms with Crippen molar-refractivity contribution < 1.29 is 4.79 Å². The second-order valence-electron chi connectivity index (χ2n) is 6.13. The Morgan fingerprint density at radius 1 is 1.08 bits per heavy atom. The van der Waals surface area contributed by atoms with Gasteiger partial charge in [-0.25, -0.2) is 14.6 Å². The molecule has 0 aliphatic carbocycles. The molecule has 0 aliphatic heterocycles. The molecule has 0 aliphatic rings. The fraction of sp³-hybridized carbons (Fsp3) is 0.100. The van der Waals surface area contributed by atoms with E-state index in [0.717, 1.165) is 22.3 Å². The zero-order chi connectivity index (χ0) is 18.1. The van der Waals surface area contributed by atoms with Gasteiger partial charge in [-0.3, -0.25) is 4.79 Å². The van der Waals surface area contributed by atoms with E-state index in [1.54, 1.807) is 36.1 Å². The average Bonchev–Trinajstić information content (AvgIpc) is 3.17. The van der Waals surface area contributed by atoms with Crippen molar-refractivity contribution in [2.24, 2.45) is 0 Å². The predicted molar refractivity (Wildman–Crippen MR) is 100 cm³/mol. The number of carbonyl (C=O) groups excluding carboxylic acids is 1. The van der Waals surface area contributed by atoms with Crippen LogP contribution in [-0.2, 0) is 0 Å². The number of hydrogen-bond donors (Lipinski definition) is 0. The molecule has 26 heavy (non-hydrogen) atoms. The number of rotatable bonds is 3. The minimum atomic E-state index is -0.0537. The summed E-state index contributed by atoms with van der Waals surface area (Å²) in [4.78, 5) is 23.2. The largest absolute Gasteiger partial charge is 0.345 e. The highest BCUT2D eigenvalue weighted by Crippen LogP contribution is 2.25. The summed E-state index contributed by atoms with van der Waals surface area (Å²) in [6, 6.07) is 15.1. The third-order valence-electron chi connectivity index (χ3n) is 4.12. The number of amides is 1. The summed E-state index contributed by atoms with van der Waals surface area (Å²) in [6.45, 7) is 0. The van der Waals surface area contributed by atoms with Crippen LogP contribution < -0.4 is 0 Å². The molecule has 0 radical (unpaired) electrons. The third-order valence-corrected chi connectivity index (χ3v) is 4.12. The van der Waals surface area contributed by atoms with E-state index in [9.17, 15) is 4.79 Å². The summed E-state index contributed by atoms with van der Waals surface area (Å²) in [5.74, 6) is 0.672. The number of para-hydroxylation sites is 1. The second-order valence-corrected chi connectivity index (χ2v) is 6.13. The SMILES string of the molecule is CN(C)C(=O)c1cc(-c2cnn(-c3ccccn3)c2)nc2ccccc12. The van der Waals surface area contributed by atoms with Gasteiger partial charge in [0, 0.05) is 37.4 Å². The molecule has 6 nitrogen and oxygen atoms in total. The van der Waals surface area contributed by atoms with Crippen molar-refractivity contribution in [3.05, 3.63) is 72.7 Å². The minimum absolute atomic E-state index is 0.0537. The van der Waals surface area contributed by atoms with Crippen molar-refractivity contribution in [1.82, 2.24) is 24.6 Å². The molecule has 0 bridgehead atoms. The van der Waals surface area contributed by atoms with Gasteiger partial charge < -0.3 is 4.90 Å². The molecule has 0 unspecified atom stereocenters. The van der Waals surface area contributed by atoms with Crippen molar-refractivity contribution in [3.8, 4) is 17.1 Å². The quantitative estimate of drug-likeness (QED) is 0.573. The van der Waals surface area contributed by atoms with Crippen LogP contribution in [0.5, 0.6) is 0 Å². The normalized spacial score (nSPS) is 10.8. The molecular weight excluding hydrogens is 326 g/mol. The molecule has 1 amide bonds. The van der Waals surface area contributed by atoms with Gasteiger partial charge in [0.05, 0.1) is 23.0 Å². The van der Waals surface area contributed by atoms with Gasteiger partial charge in [-0.2, -0.15) is 5.10 Å². The van der Waals surface area contributed by atoms with Crippen LogP contribution in [0.2, 0.25) is 0 Å². The molecular formula is C20H17N5O. The van der Waals surface area contributed by atoms with E-state index in [2.05, 4.69) is 10.1 Å². The summed E-state index contributed by atoms with van der Waals surface area (Å²) in [5.41, 5.74) is 2.94. The lowest BCUT2D eigenvalue weighted by Crippen LogP contribution is -2.22. The molecule has 4 rings (SSSR count). The fourth-order valence-electron chi connectivity index (χ4n) is 2.81. The van der Waals surface area contributed by atoms with Crippen LogP contribution in [0.4, 0.5) is 0 Å². The monoisotopic (exact) mass is 343 g/mol. The molecule has 0 saturated carbocycles. The molecule has 6 heteroatoms. The number of aromatic nitrogens is 4. The van der Waals surface area contributed by atoms with Crippen LogP contribution in [0, 0.1) is 0 Å². The lowest BCUT2D eigenvalue weighted by molar-refractivity contribution is 0.0829. The van der Waals surface area contributed by atoms with Gasteiger partial charge >= 0.3 is 0 Å². The van der Waals surface area contributed by atoms with Crippen molar-refractivity contribution in [3.63, 3.8) is 0 Å². The molecule has 128 valence electrons. The van der Waals surface area contributed by atoms with Crippen molar-refractivity contribution in [2.45, 2.75) is 0 Å². The van der Waals surface area contributed by atoms with E-state index in [0.29, 0.717) is 11.3 Å². The molecule has 0 atom stereocenters. The van der Waals surface area contributed by atoms with Gasteiger partial charge in [0.25, 0.3) is 5.91 Å². The molecule has 0 spiro atoms. The van der Waals surface area contributed by atoms with Gasteiger partial charge in [-0.05, 0) is 24.3 Å². The molecule has 1 aromatic carbocycles. The van der Waals surface area contributed by atoms with Gasteiger partial charge in [-0.1, -0.05) is 24.3 Å². The predicted octanol–water partition coefficient (Wildman–Crippen LogP) is 3.18. The Labute approximate surface area is 150 Å². The number of hydrogen-bond acceptors (Lipinski definition) is 4. The first kappa shape index (κ1) is 16.0. The number of pyridine rings is 2. The van der Waals surface area contributed by atoms with Crippen molar-refractivity contribution in [1.29, 1.82) is 0 Å². The maximum atomic E-state index is 12.6. The van der Waals surface area contributed by atoms with Crippen LogP contribution >= 0.6 is 0 Å². The Balaban J connectivity index is 1.85. The first-order chi connectivity index (χ1) is 12.6. The summed E-state index contributed by atoms with van der Waals surface area (Å²) < 4.78 is 1.69. The summed E-state index contributed by atoms with van der Waals surface area (Å²) in [6.07, 6.45) is 5.32. The second kappa shape index (κ2) is 6.40. The highest BCUT2D eigenvalue weighted by atomic mass is 16.2. The van der Waals surface area contributed by atoms with E-state index < -0.39 is 0 Å². The summed E-state index contributed by atoms with van der Waals surface area (Å²) in [5, 5.41) is 5.21. The average molecular weight is 343 g/mol. The topological polar surface area (TPSA) is 63.9 Å². The first-order valence-corrected chi connectivity index (χ1v) is 8.21. The van der Waals surface area contributed by atoms with E-state index in [4.69, 9.17) is 4.98 Å². The molecule has 0 N–H and O–H groups in total. The zero-order valence-electron chi connectivity index (χ0n) is 14.5. The van der Waals surface area contributed by atoms with Crippen LogP contribution in [0.1, 0.15) is 10.4 Å². The van der Waals surface area contributed by atoms with Crippen LogP contribution in [0.15, 0.2) is 67.1 Å². The van der Waals surface area contributed by atoms with E-state index >= 15 is 0 Å². The zero-order valence-corrected chi connectivity index (χ0v) is 14.5. The van der Waals surface area contributed by atoms with E-state index in [1.165, 1.54) is 0 Å². The molecule has 4 aromatic rings. The lowest BCUT2D eigenvalue weighted by atomic mass is 10.0. The van der Waals surface area contributed by atoms with Crippen molar-refractivity contribution >= 4 is 16.8 Å². The number of nitrogens with zero attached hydrogens (tertiary/aromatic N) is 5. The molecule has 3 aromatic heterocycles. The number of fused-ring (bicyclic) bond motifs is 1. The molecule has 3 heterocycles. The van der Waals surface area contributed by atoms with Gasteiger partial charge in [0.1, 0.15) is 0 Å². The summed E-state index contributed by atoms with van der Waals surface area (Å²) >= 11 is 0. The third kappa shape index (κ3) is 2.82. The Morgan fingerprint density at radius 2 is 1.88 bits per heavy atom. The smallest absolute Gasteiger partial charge is 0.254 e. The molecule has 0 saturated heterocycles. The Morgan fingerprint density at radius 3 is 2.65 bits per heavy atom. The van der Waals surface area contributed by atoms with Gasteiger partial charge in [0.15, 0.2) is 5.82 Å². The van der Waals surface area contributed by atoms with Gasteiger partial charge in [-0.15, -0.1) is 0 Å². The highest BCUT2D eigenvalue weighted by Gasteiger charge is 2.16. The fourth-order valence-corrected chi connectivity index (χ4v) is 2.81. The van der Waals surface area contributed by atoms with Crippen LogP contribution in [0.3, 0.4) is 0 Å².